The van der Waals surface area contributed by atoms with Gasteiger partial charge in [0.25, 0.3) is 0 Å². The molecule has 0 radical (unpaired) electrons. The van der Waals surface area contributed by atoms with Crippen LogP contribution in [0, 0.1) is 0 Å². The van der Waals surface area contributed by atoms with Gasteiger partial charge in [-0.15, -0.1) is 11.3 Å². The molecule has 0 amide bonds. The Balaban J connectivity index is 1.68. The Morgan fingerprint density at radius 3 is 2.87 bits per heavy atom. The van der Waals surface area contributed by atoms with Crippen molar-refractivity contribution < 1.29 is 14.3 Å². The predicted molar refractivity (Wildman–Crippen MR) is 117 cm³/mol. The molecule has 7 heteroatoms. The zero-order valence-electron chi connectivity index (χ0n) is 16.3. The molecule has 1 aromatic carbocycles. The van der Waals surface area contributed by atoms with E-state index in [1.807, 2.05) is 47.9 Å². The Morgan fingerprint density at radius 2 is 2.10 bits per heavy atom. The smallest absolute Gasteiger partial charge is 0.336 e. The van der Waals surface area contributed by atoms with Crippen LogP contribution in [0.15, 0.2) is 52.5 Å². The third-order valence-corrected chi connectivity index (χ3v) is 6.19. The molecular weight excluding hydrogens is 398 g/mol. The highest BCUT2D eigenvalue weighted by Gasteiger charge is 2.28. The van der Waals surface area contributed by atoms with Crippen LogP contribution in [0.1, 0.15) is 34.2 Å². The quantitative estimate of drug-likeness (QED) is 0.502. The molecule has 1 aliphatic heterocycles. The van der Waals surface area contributed by atoms with Gasteiger partial charge in [0.1, 0.15) is 0 Å². The fourth-order valence-electron chi connectivity index (χ4n) is 3.89. The maximum atomic E-state index is 12.2. The van der Waals surface area contributed by atoms with Crippen LogP contribution in [-0.4, -0.2) is 39.0 Å². The van der Waals surface area contributed by atoms with Crippen molar-refractivity contribution in [2.24, 2.45) is 0 Å². The molecule has 4 aromatic rings. The number of rotatable bonds is 4. The van der Waals surface area contributed by atoms with E-state index >= 15 is 0 Å². The van der Waals surface area contributed by atoms with Gasteiger partial charge >= 0.3 is 5.97 Å². The third-order valence-electron chi connectivity index (χ3n) is 5.31. The minimum atomic E-state index is -0.920. The minimum absolute atomic E-state index is 0.342. The number of aromatic carboxylic acids is 1. The zero-order valence-corrected chi connectivity index (χ0v) is 17.1. The molecule has 1 N–H and O–H groups in total. The van der Waals surface area contributed by atoms with Gasteiger partial charge in [-0.1, -0.05) is 25.1 Å². The van der Waals surface area contributed by atoms with Gasteiger partial charge in [0, 0.05) is 29.4 Å². The van der Waals surface area contributed by atoms with Gasteiger partial charge in [-0.25, -0.2) is 14.8 Å². The van der Waals surface area contributed by atoms with E-state index in [1.54, 1.807) is 6.26 Å². The standard InChI is InChI=1S/C23H19N3O3S/c1-2-26-11-14(10-15-13-30-22(24-15)19-8-5-9-29-19)21-17(12-26)20(23(27)28)16-6-3-4-7-18(16)25-21/h3-10,13H,2,11-12H2,1H3,(H,27,28)/b14-10+. The first-order chi connectivity index (χ1) is 14.6. The number of hydrogen-bond acceptors (Lipinski definition) is 6. The number of fused-ring (bicyclic) bond motifs is 2. The van der Waals surface area contributed by atoms with E-state index in [9.17, 15) is 9.90 Å². The van der Waals surface area contributed by atoms with Crippen LogP contribution in [0.5, 0.6) is 0 Å². The summed E-state index contributed by atoms with van der Waals surface area (Å²) < 4.78 is 5.45. The molecule has 4 heterocycles. The Bertz CT molecular complexity index is 1270. The Kier molecular flexibility index (Phi) is 4.69. The molecule has 0 spiro atoms. The second-order valence-electron chi connectivity index (χ2n) is 7.16. The lowest BCUT2D eigenvalue weighted by Crippen LogP contribution is -2.31. The number of carboxylic acids is 1. The molecule has 0 unspecified atom stereocenters. The van der Waals surface area contributed by atoms with Gasteiger partial charge in [0.05, 0.1) is 28.7 Å². The molecule has 0 saturated heterocycles. The lowest BCUT2D eigenvalue weighted by Gasteiger charge is -2.30. The van der Waals surface area contributed by atoms with E-state index in [-0.39, 0.29) is 0 Å². The Morgan fingerprint density at radius 1 is 1.23 bits per heavy atom. The van der Waals surface area contributed by atoms with E-state index in [2.05, 4.69) is 16.8 Å². The molecule has 3 aromatic heterocycles. The average molecular weight is 417 g/mol. The van der Waals surface area contributed by atoms with Crippen LogP contribution >= 0.6 is 11.3 Å². The molecule has 5 rings (SSSR count). The number of furan rings is 1. The third kappa shape index (κ3) is 3.22. The summed E-state index contributed by atoms with van der Waals surface area (Å²) in [7, 11) is 0. The summed E-state index contributed by atoms with van der Waals surface area (Å²) in [6.07, 6.45) is 3.64. The summed E-state index contributed by atoms with van der Waals surface area (Å²) in [5.74, 6) is -0.183. The number of carbonyl (C=O) groups is 1. The number of likely N-dealkylation sites (N-methyl/N-ethyl adjacent to an activating group) is 1. The van der Waals surface area contributed by atoms with Crippen LogP contribution < -0.4 is 0 Å². The van der Waals surface area contributed by atoms with Crippen molar-refractivity contribution in [1.29, 1.82) is 0 Å². The van der Waals surface area contributed by atoms with Crippen molar-refractivity contribution in [1.82, 2.24) is 14.9 Å². The van der Waals surface area contributed by atoms with E-state index in [0.717, 1.165) is 39.8 Å². The first-order valence-corrected chi connectivity index (χ1v) is 10.6. The Labute approximate surface area is 177 Å². The number of hydrogen-bond donors (Lipinski definition) is 1. The number of thiazole rings is 1. The van der Waals surface area contributed by atoms with E-state index in [1.165, 1.54) is 11.3 Å². The van der Waals surface area contributed by atoms with Gasteiger partial charge in [-0.05, 0) is 36.4 Å². The number of nitrogens with zero attached hydrogens (tertiary/aromatic N) is 3. The van der Waals surface area contributed by atoms with E-state index < -0.39 is 5.97 Å². The maximum absolute atomic E-state index is 12.2. The second-order valence-corrected chi connectivity index (χ2v) is 8.02. The summed E-state index contributed by atoms with van der Waals surface area (Å²) in [5.41, 5.74) is 4.35. The summed E-state index contributed by atoms with van der Waals surface area (Å²) in [5, 5.41) is 13.5. The molecule has 0 bridgehead atoms. The van der Waals surface area contributed by atoms with Crippen molar-refractivity contribution in [2.75, 3.05) is 13.1 Å². The van der Waals surface area contributed by atoms with Gasteiger partial charge in [0.15, 0.2) is 10.8 Å². The number of pyridine rings is 1. The molecule has 150 valence electrons. The van der Waals surface area contributed by atoms with Crippen LogP contribution in [0.2, 0.25) is 0 Å². The highest BCUT2D eigenvalue weighted by atomic mass is 32.1. The molecule has 1 aliphatic rings. The van der Waals surface area contributed by atoms with Crippen molar-refractivity contribution in [2.45, 2.75) is 13.5 Å². The Hall–Kier alpha value is -3.29. The number of benzene rings is 1. The topological polar surface area (TPSA) is 79.5 Å². The SMILES string of the molecule is CCN1C/C(=C\c2csc(-c3ccco3)n2)c2nc3ccccc3c(C(=O)O)c2C1. The highest BCUT2D eigenvalue weighted by Crippen LogP contribution is 2.34. The van der Waals surface area contributed by atoms with Crippen LogP contribution in [0.4, 0.5) is 0 Å². The summed E-state index contributed by atoms with van der Waals surface area (Å²) in [6, 6.07) is 11.2. The fraction of sp³-hybridized carbons (Fsp3) is 0.174. The van der Waals surface area contributed by atoms with Crippen LogP contribution in [-0.2, 0) is 6.54 Å². The summed E-state index contributed by atoms with van der Waals surface area (Å²) in [6.45, 7) is 4.16. The summed E-state index contributed by atoms with van der Waals surface area (Å²) in [4.78, 5) is 24.0. The number of aromatic nitrogens is 2. The number of carboxylic acid groups (broad SMARTS) is 1. The molecular formula is C23H19N3O3S. The molecule has 0 atom stereocenters. The van der Waals surface area contributed by atoms with Crippen molar-refractivity contribution in [3.05, 3.63) is 70.6 Å². The number of para-hydroxylation sites is 1. The monoisotopic (exact) mass is 417 g/mol. The van der Waals surface area contributed by atoms with Crippen LogP contribution in [0.25, 0.3) is 33.3 Å². The van der Waals surface area contributed by atoms with Crippen molar-refractivity contribution >= 4 is 39.9 Å². The molecule has 30 heavy (non-hydrogen) atoms. The lowest BCUT2D eigenvalue weighted by atomic mass is 9.92. The average Bonchev–Trinajstić information content (AvgIpc) is 3.43. The normalized spacial score (nSPS) is 15.6. The first kappa shape index (κ1) is 18.7. The van der Waals surface area contributed by atoms with Crippen molar-refractivity contribution in [3.8, 4) is 10.8 Å². The highest BCUT2D eigenvalue weighted by molar-refractivity contribution is 7.13. The van der Waals surface area contributed by atoms with E-state index in [0.29, 0.717) is 29.6 Å². The predicted octanol–water partition coefficient (Wildman–Crippen LogP) is 5.03. The van der Waals surface area contributed by atoms with E-state index in [4.69, 9.17) is 9.40 Å². The maximum Gasteiger partial charge on any atom is 0.336 e. The molecule has 0 saturated carbocycles. The minimum Gasteiger partial charge on any atom is -0.478 e. The molecule has 0 aliphatic carbocycles. The molecule has 6 nitrogen and oxygen atoms in total. The lowest BCUT2D eigenvalue weighted by molar-refractivity contribution is 0.0696. The van der Waals surface area contributed by atoms with Gasteiger partial charge < -0.3 is 9.52 Å². The second kappa shape index (κ2) is 7.51. The van der Waals surface area contributed by atoms with Crippen molar-refractivity contribution in [3.63, 3.8) is 0 Å². The first-order valence-electron chi connectivity index (χ1n) is 9.71. The largest absolute Gasteiger partial charge is 0.478 e. The van der Waals surface area contributed by atoms with Gasteiger partial charge in [-0.2, -0.15) is 0 Å². The molecule has 0 fully saturated rings. The summed E-state index contributed by atoms with van der Waals surface area (Å²) >= 11 is 1.52. The van der Waals surface area contributed by atoms with Crippen LogP contribution in [0.3, 0.4) is 0 Å². The fourth-order valence-corrected chi connectivity index (χ4v) is 4.64. The van der Waals surface area contributed by atoms with Gasteiger partial charge in [0.2, 0.25) is 0 Å². The zero-order chi connectivity index (χ0) is 20.7. The van der Waals surface area contributed by atoms with Gasteiger partial charge in [-0.3, -0.25) is 4.90 Å².